The molecule has 3 rings (SSSR count). The molecule has 2 N–H and O–H groups in total. The summed E-state index contributed by atoms with van der Waals surface area (Å²) in [5.41, 5.74) is 4.11. The van der Waals surface area contributed by atoms with Crippen molar-refractivity contribution >= 4 is 22.9 Å². The van der Waals surface area contributed by atoms with Crippen LogP contribution in [0.2, 0.25) is 0 Å². The summed E-state index contributed by atoms with van der Waals surface area (Å²) in [4.78, 5) is 13.8. The molecular weight excluding hydrogens is 282 g/mol. The molecule has 21 heavy (non-hydrogen) atoms. The summed E-state index contributed by atoms with van der Waals surface area (Å²) in [6, 6.07) is 7.89. The highest BCUT2D eigenvalue weighted by molar-refractivity contribution is 7.12. The molecule has 0 aliphatic carbocycles. The first-order valence-corrected chi connectivity index (χ1v) is 8.04. The summed E-state index contributed by atoms with van der Waals surface area (Å²) in [6.45, 7) is 4.14. The number of aryl methyl sites for hydroxylation is 3. The van der Waals surface area contributed by atoms with Gasteiger partial charge in [0.15, 0.2) is 0 Å². The Labute approximate surface area is 128 Å². The number of hydrogen-bond donors (Lipinski definition) is 2. The lowest BCUT2D eigenvalue weighted by Gasteiger charge is -2.13. The van der Waals surface area contributed by atoms with Crippen LogP contribution in [0.15, 0.2) is 24.3 Å². The third-order valence-corrected chi connectivity index (χ3v) is 5.23. The zero-order valence-electron chi connectivity index (χ0n) is 12.3. The van der Waals surface area contributed by atoms with Gasteiger partial charge < -0.3 is 10.4 Å². The number of hydrogen-bond acceptors (Lipinski definition) is 3. The number of anilines is 1. The zero-order valence-corrected chi connectivity index (χ0v) is 13.1. The van der Waals surface area contributed by atoms with Crippen molar-refractivity contribution in [1.29, 1.82) is 0 Å². The molecule has 1 aromatic heterocycles. The van der Waals surface area contributed by atoms with E-state index in [0.29, 0.717) is 6.42 Å². The molecule has 3 nitrogen and oxygen atoms in total. The molecule has 1 atom stereocenters. The van der Waals surface area contributed by atoms with E-state index in [2.05, 4.69) is 25.2 Å². The van der Waals surface area contributed by atoms with E-state index in [-0.39, 0.29) is 5.91 Å². The maximum atomic E-state index is 11.6. The van der Waals surface area contributed by atoms with Crippen molar-refractivity contribution in [2.45, 2.75) is 39.2 Å². The van der Waals surface area contributed by atoms with Crippen molar-refractivity contribution in [3.05, 3.63) is 50.7 Å². The number of benzene rings is 1. The Balaban J connectivity index is 1.92. The summed E-state index contributed by atoms with van der Waals surface area (Å²) >= 11 is 1.64. The van der Waals surface area contributed by atoms with Gasteiger partial charge in [0.25, 0.3) is 0 Å². The fourth-order valence-corrected chi connectivity index (χ4v) is 3.72. The maximum Gasteiger partial charge on any atom is 0.224 e. The second-order valence-electron chi connectivity index (χ2n) is 5.61. The van der Waals surface area contributed by atoms with E-state index in [1.54, 1.807) is 11.3 Å². The lowest BCUT2D eigenvalue weighted by Crippen LogP contribution is -2.09. The molecule has 1 aromatic carbocycles. The summed E-state index contributed by atoms with van der Waals surface area (Å²) in [5, 5.41) is 13.5. The number of aliphatic hydroxyl groups excluding tert-OH is 1. The molecule has 0 saturated heterocycles. The van der Waals surface area contributed by atoms with Gasteiger partial charge in [0.2, 0.25) is 5.91 Å². The quantitative estimate of drug-likeness (QED) is 0.888. The molecule has 110 valence electrons. The van der Waals surface area contributed by atoms with Gasteiger partial charge in [0, 0.05) is 21.9 Å². The molecule has 0 spiro atoms. The van der Waals surface area contributed by atoms with Crippen molar-refractivity contribution in [2.24, 2.45) is 0 Å². The number of carbonyl (C=O) groups excluding carboxylic acids is 1. The van der Waals surface area contributed by atoms with E-state index in [9.17, 15) is 9.90 Å². The molecule has 4 heteroatoms. The van der Waals surface area contributed by atoms with Crippen LogP contribution in [0.5, 0.6) is 0 Å². The highest BCUT2D eigenvalue weighted by atomic mass is 32.1. The van der Waals surface area contributed by atoms with Crippen LogP contribution in [0.25, 0.3) is 0 Å². The van der Waals surface area contributed by atoms with Gasteiger partial charge >= 0.3 is 0 Å². The maximum absolute atomic E-state index is 11.6. The summed E-state index contributed by atoms with van der Waals surface area (Å²) in [5.74, 6) is 0.0755. The number of nitrogens with one attached hydrogen (secondary N) is 1. The van der Waals surface area contributed by atoms with Gasteiger partial charge in [-0.1, -0.05) is 12.1 Å². The molecule has 2 aromatic rings. The molecule has 1 unspecified atom stereocenters. The highest BCUT2D eigenvalue weighted by Crippen LogP contribution is 2.33. The van der Waals surface area contributed by atoms with Crippen molar-refractivity contribution in [3.8, 4) is 0 Å². The van der Waals surface area contributed by atoms with Crippen LogP contribution in [0.1, 0.15) is 45.4 Å². The topological polar surface area (TPSA) is 49.3 Å². The number of thiophene rings is 1. The van der Waals surface area contributed by atoms with Crippen LogP contribution in [-0.4, -0.2) is 11.0 Å². The minimum atomic E-state index is -0.591. The summed E-state index contributed by atoms with van der Waals surface area (Å²) < 4.78 is 0. The Bertz CT molecular complexity index is 671. The second-order valence-corrected chi connectivity index (χ2v) is 6.90. The Hall–Kier alpha value is -1.65. The lowest BCUT2D eigenvalue weighted by atomic mass is 10.0. The second kappa shape index (κ2) is 5.62. The highest BCUT2D eigenvalue weighted by Gasteiger charge is 2.18. The van der Waals surface area contributed by atoms with Gasteiger partial charge in [0.1, 0.15) is 6.10 Å². The van der Waals surface area contributed by atoms with Crippen LogP contribution in [-0.2, 0) is 11.2 Å². The molecule has 1 amide bonds. The van der Waals surface area contributed by atoms with Gasteiger partial charge in [-0.25, -0.2) is 0 Å². The largest absolute Gasteiger partial charge is 0.383 e. The van der Waals surface area contributed by atoms with Gasteiger partial charge in [-0.2, -0.15) is 0 Å². The van der Waals surface area contributed by atoms with Crippen LogP contribution in [0.3, 0.4) is 0 Å². The van der Waals surface area contributed by atoms with Crippen LogP contribution in [0, 0.1) is 13.8 Å². The normalized spacial score (nSPS) is 16.0. The first-order valence-electron chi connectivity index (χ1n) is 7.22. The van der Waals surface area contributed by atoms with Gasteiger partial charge in [-0.15, -0.1) is 11.3 Å². The average Bonchev–Trinajstić information content (AvgIpc) is 2.68. The Morgan fingerprint density at radius 2 is 2.05 bits per heavy atom. The van der Waals surface area contributed by atoms with Crippen LogP contribution >= 0.6 is 11.3 Å². The number of rotatable bonds is 2. The standard InChI is InChI=1S/C17H19NO2S/c1-10-8-15(21-11(10)2)17(20)13-6-7-14-12(9-13)4-3-5-16(19)18-14/h6-9,17,20H,3-5H2,1-2H3,(H,18,19). The van der Waals surface area contributed by atoms with Crippen molar-refractivity contribution in [1.82, 2.24) is 0 Å². The molecule has 0 fully saturated rings. The minimum absolute atomic E-state index is 0.0755. The lowest BCUT2D eigenvalue weighted by molar-refractivity contribution is -0.116. The van der Waals surface area contributed by atoms with E-state index >= 15 is 0 Å². The predicted octanol–water partition coefficient (Wildman–Crippen LogP) is 3.72. The first kappa shape index (κ1) is 14.3. The van der Waals surface area contributed by atoms with E-state index in [1.807, 2.05) is 18.2 Å². The molecule has 1 aliphatic rings. The van der Waals surface area contributed by atoms with E-state index in [1.165, 1.54) is 10.4 Å². The number of carbonyl (C=O) groups is 1. The van der Waals surface area contributed by atoms with Crippen molar-refractivity contribution in [2.75, 3.05) is 5.32 Å². The molecule has 0 radical (unpaired) electrons. The molecule has 0 bridgehead atoms. The van der Waals surface area contributed by atoms with E-state index < -0.39 is 6.10 Å². The van der Waals surface area contributed by atoms with Gasteiger partial charge in [-0.05, 0) is 55.5 Å². The minimum Gasteiger partial charge on any atom is -0.383 e. The summed E-state index contributed by atoms with van der Waals surface area (Å²) in [6.07, 6.45) is 1.70. The zero-order chi connectivity index (χ0) is 15.0. The third-order valence-electron chi connectivity index (χ3n) is 4.02. The van der Waals surface area contributed by atoms with Crippen molar-refractivity contribution < 1.29 is 9.90 Å². The monoisotopic (exact) mass is 301 g/mol. The Morgan fingerprint density at radius 1 is 1.24 bits per heavy atom. The van der Waals surface area contributed by atoms with Crippen LogP contribution in [0.4, 0.5) is 5.69 Å². The van der Waals surface area contributed by atoms with Crippen molar-refractivity contribution in [3.63, 3.8) is 0 Å². The van der Waals surface area contributed by atoms with Gasteiger partial charge in [0.05, 0.1) is 0 Å². The SMILES string of the molecule is Cc1cc(C(O)c2ccc3c(c2)CCCC(=O)N3)sc1C. The fraction of sp³-hybridized carbons (Fsp3) is 0.353. The third kappa shape index (κ3) is 2.87. The number of aliphatic hydroxyl groups is 1. The first-order chi connectivity index (χ1) is 10.0. The molecule has 2 heterocycles. The van der Waals surface area contributed by atoms with E-state index in [4.69, 9.17) is 0 Å². The Morgan fingerprint density at radius 3 is 2.76 bits per heavy atom. The fourth-order valence-electron chi connectivity index (χ4n) is 2.67. The molecule has 1 aliphatic heterocycles. The van der Waals surface area contributed by atoms with E-state index in [0.717, 1.165) is 34.5 Å². The molecular formula is C17H19NO2S. The van der Waals surface area contributed by atoms with Gasteiger partial charge in [-0.3, -0.25) is 4.79 Å². The summed E-state index contributed by atoms with van der Waals surface area (Å²) in [7, 11) is 0. The van der Waals surface area contributed by atoms with Crippen LogP contribution < -0.4 is 5.32 Å². The Kier molecular flexibility index (Phi) is 3.83. The smallest absolute Gasteiger partial charge is 0.224 e. The predicted molar refractivity (Wildman–Crippen MR) is 85.9 cm³/mol. The molecule has 0 saturated carbocycles. The average molecular weight is 301 g/mol. The number of fused-ring (bicyclic) bond motifs is 1. The number of amides is 1.